The highest BCUT2D eigenvalue weighted by Gasteiger charge is 2.14. The van der Waals surface area contributed by atoms with Crippen molar-refractivity contribution in [2.75, 3.05) is 12.3 Å². The minimum Gasteiger partial charge on any atom is -0.338 e. The molecule has 0 saturated carbocycles. The fourth-order valence-corrected chi connectivity index (χ4v) is 2.68. The van der Waals surface area contributed by atoms with Gasteiger partial charge in [-0.2, -0.15) is 0 Å². The number of aryl methyl sites for hydroxylation is 1. The first kappa shape index (κ1) is 17.0. The predicted molar refractivity (Wildman–Crippen MR) is 89.1 cm³/mol. The van der Waals surface area contributed by atoms with Crippen molar-refractivity contribution in [1.29, 1.82) is 0 Å². The number of amides is 3. The molecule has 7 nitrogen and oxygen atoms in total. The second-order valence-electron chi connectivity index (χ2n) is 4.93. The second kappa shape index (κ2) is 7.77. The van der Waals surface area contributed by atoms with Crippen LogP contribution < -0.4 is 10.6 Å². The van der Waals surface area contributed by atoms with E-state index in [4.69, 9.17) is 0 Å². The van der Waals surface area contributed by atoms with E-state index in [1.165, 1.54) is 11.8 Å². The number of urea groups is 1. The van der Waals surface area contributed by atoms with Crippen molar-refractivity contribution in [2.45, 2.75) is 19.0 Å². The molecule has 0 radical (unpaired) electrons. The summed E-state index contributed by atoms with van der Waals surface area (Å²) >= 11 is 1.23. The summed E-state index contributed by atoms with van der Waals surface area (Å²) in [6, 6.07) is 7.48. The summed E-state index contributed by atoms with van der Waals surface area (Å²) in [5, 5.41) is 13.7. The molecule has 0 aliphatic carbocycles. The minimum atomic E-state index is -0.489. The summed E-state index contributed by atoms with van der Waals surface area (Å²) in [7, 11) is 1.85. The van der Waals surface area contributed by atoms with E-state index in [-0.39, 0.29) is 11.7 Å². The van der Waals surface area contributed by atoms with Crippen LogP contribution in [0, 0.1) is 6.92 Å². The van der Waals surface area contributed by atoms with Crippen LogP contribution in [-0.4, -0.2) is 39.0 Å². The van der Waals surface area contributed by atoms with Gasteiger partial charge in [0.15, 0.2) is 11.0 Å². The largest absolute Gasteiger partial charge is 0.338 e. The smallest absolute Gasteiger partial charge is 0.321 e. The third kappa shape index (κ3) is 4.56. The van der Waals surface area contributed by atoms with E-state index in [1.54, 1.807) is 6.92 Å². The van der Waals surface area contributed by atoms with Crippen molar-refractivity contribution < 1.29 is 9.59 Å². The lowest BCUT2D eigenvalue weighted by atomic mass is 10.1. The van der Waals surface area contributed by atoms with Crippen molar-refractivity contribution in [3.63, 3.8) is 0 Å². The Morgan fingerprint density at radius 1 is 1.30 bits per heavy atom. The van der Waals surface area contributed by atoms with Crippen LogP contribution in [0.1, 0.15) is 12.5 Å². The maximum absolute atomic E-state index is 11.7. The number of imide groups is 1. The van der Waals surface area contributed by atoms with E-state index in [0.717, 1.165) is 17.0 Å². The van der Waals surface area contributed by atoms with Crippen LogP contribution in [0.25, 0.3) is 11.4 Å². The van der Waals surface area contributed by atoms with E-state index in [1.807, 2.05) is 42.8 Å². The van der Waals surface area contributed by atoms with Gasteiger partial charge >= 0.3 is 6.03 Å². The lowest BCUT2D eigenvalue weighted by Gasteiger charge is -2.05. The zero-order valence-corrected chi connectivity index (χ0v) is 14.1. The van der Waals surface area contributed by atoms with Gasteiger partial charge in [0.2, 0.25) is 5.91 Å². The monoisotopic (exact) mass is 333 g/mol. The van der Waals surface area contributed by atoms with Gasteiger partial charge in [0, 0.05) is 19.2 Å². The Kier molecular flexibility index (Phi) is 5.75. The van der Waals surface area contributed by atoms with Crippen molar-refractivity contribution in [3.8, 4) is 11.4 Å². The SMILES string of the molecule is CCNC(=O)NC(=O)CSc1nnc(-c2cccc(C)c2)n1C. The number of carbonyl (C=O) groups is 2. The van der Waals surface area contributed by atoms with Crippen molar-refractivity contribution in [1.82, 2.24) is 25.4 Å². The van der Waals surface area contributed by atoms with Gasteiger partial charge in [-0.05, 0) is 19.9 Å². The average molecular weight is 333 g/mol. The Bertz CT molecular complexity index is 714. The summed E-state index contributed by atoms with van der Waals surface area (Å²) < 4.78 is 1.83. The number of hydrogen-bond donors (Lipinski definition) is 2. The van der Waals surface area contributed by atoms with E-state index in [0.29, 0.717) is 11.7 Å². The Morgan fingerprint density at radius 3 is 2.78 bits per heavy atom. The van der Waals surface area contributed by atoms with Gasteiger partial charge in [-0.25, -0.2) is 4.79 Å². The topological polar surface area (TPSA) is 88.9 Å². The molecule has 1 heterocycles. The zero-order valence-electron chi connectivity index (χ0n) is 13.3. The van der Waals surface area contributed by atoms with Gasteiger partial charge in [-0.15, -0.1) is 10.2 Å². The molecule has 0 atom stereocenters. The van der Waals surface area contributed by atoms with Crippen LogP contribution in [-0.2, 0) is 11.8 Å². The molecule has 0 spiro atoms. The zero-order chi connectivity index (χ0) is 16.8. The van der Waals surface area contributed by atoms with Crippen LogP contribution in [0.2, 0.25) is 0 Å². The maximum Gasteiger partial charge on any atom is 0.321 e. The molecular formula is C15H19N5O2S. The molecule has 0 fully saturated rings. The summed E-state index contributed by atoms with van der Waals surface area (Å²) in [4.78, 5) is 23.0. The van der Waals surface area contributed by atoms with Crippen molar-refractivity contribution >= 4 is 23.7 Å². The Morgan fingerprint density at radius 2 is 2.09 bits per heavy atom. The number of nitrogens with one attached hydrogen (secondary N) is 2. The van der Waals surface area contributed by atoms with Gasteiger partial charge in [0.05, 0.1) is 5.75 Å². The van der Waals surface area contributed by atoms with Gasteiger partial charge in [0.25, 0.3) is 0 Å². The van der Waals surface area contributed by atoms with Crippen LogP contribution in [0.3, 0.4) is 0 Å². The highest BCUT2D eigenvalue weighted by atomic mass is 32.2. The normalized spacial score (nSPS) is 10.4. The molecular weight excluding hydrogens is 314 g/mol. The summed E-state index contributed by atoms with van der Waals surface area (Å²) in [6.07, 6.45) is 0. The first-order chi connectivity index (χ1) is 11.0. The van der Waals surface area contributed by atoms with Gasteiger partial charge < -0.3 is 9.88 Å². The van der Waals surface area contributed by atoms with Crippen LogP contribution in [0.5, 0.6) is 0 Å². The van der Waals surface area contributed by atoms with E-state index in [2.05, 4.69) is 20.8 Å². The number of thioether (sulfide) groups is 1. The van der Waals surface area contributed by atoms with Crippen molar-refractivity contribution in [2.24, 2.45) is 7.05 Å². The first-order valence-corrected chi connectivity index (χ1v) is 8.16. The molecule has 1 aromatic carbocycles. The first-order valence-electron chi connectivity index (χ1n) is 7.18. The lowest BCUT2D eigenvalue weighted by molar-refractivity contribution is -0.117. The standard InChI is InChI=1S/C15H19N5O2S/c1-4-16-14(22)17-12(21)9-23-15-19-18-13(20(15)3)11-7-5-6-10(2)8-11/h5-8H,4,9H2,1-3H3,(H2,16,17,21,22). The third-order valence-electron chi connectivity index (χ3n) is 3.03. The number of rotatable bonds is 5. The third-order valence-corrected chi connectivity index (χ3v) is 4.05. The highest BCUT2D eigenvalue weighted by molar-refractivity contribution is 7.99. The molecule has 0 aliphatic rings. The Hall–Kier alpha value is -2.35. The highest BCUT2D eigenvalue weighted by Crippen LogP contribution is 2.23. The van der Waals surface area contributed by atoms with E-state index >= 15 is 0 Å². The predicted octanol–water partition coefficient (Wildman–Crippen LogP) is 1.73. The molecule has 3 amide bonds. The molecule has 23 heavy (non-hydrogen) atoms. The summed E-state index contributed by atoms with van der Waals surface area (Å²) in [6.45, 7) is 4.27. The quantitative estimate of drug-likeness (QED) is 0.814. The second-order valence-corrected chi connectivity index (χ2v) is 5.87. The fraction of sp³-hybridized carbons (Fsp3) is 0.333. The Balaban J connectivity index is 2.00. The van der Waals surface area contributed by atoms with E-state index < -0.39 is 6.03 Å². The summed E-state index contributed by atoms with van der Waals surface area (Å²) in [5.41, 5.74) is 2.11. The maximum atomic E-state index is 11.7. The van der Waals surface area contributed by atoms with Crippen LogP contribution in [0.15, 0.2) is 29.4 Å². The molecule has 122 valence electrons. The van der Waals surface area contributed by atoms with Crippen LogP contribution >= 0.6 is 11.8 Å². The average Bonchev–Trinajstić information content (AvgIpc) is 2.86. The molecule has 1 aromatic heterocycles. The summed E-state index contributed by atoms with van der Waals surface area (Å²) in [5.74, 6) is 0.457. The molecule has 0 aliphatic heterocycles. The molecule has 0 bridgehead atoms. The van der Waals surface area contributed by atoms with Crippen LogP contribution in [0.4, 0.5) is 4.79 Å². The van der Waals surface area contributed by atoms with Crippen molar-refractivity contribution in [3.05, 3.63) is 29.8 Å². The Labute approximate surface area is 138 Å². The fourth-order valence-electron chi connectivity index (χ4n) is 1.97. The van der Waals surface area contributed by atoms with Gasteiger partial charge in [-0.1, -0.05) is 35.5 Å². The number of carbonyl (C=O) groups excluding carboxylic acids is 2. The van der Waals surface area contributed by atoms with Gasteiger partial charge in [-0.3, -0.25) is 10.1 Å². The lowest BCUT2D eigenvalue weighted by Crippen LogP contribution is -2.40. The van der Waals surface area contributed by atoms with Gasteiger partial charge in [0.1, 0.15) is 0 Å². The molecule has 8 heteroatoms. The number of hydrogen-bond acceptors (Lipinski definition) is 5. The number of benzene rings is 1. The molecule has 2 N–H and O–H groups in total. The number of aromatic nitrogens is 3. The number of nitrogens with zero attached hydrogens (tertiary/aromatic N) is 3. The van der Waals surface area contributed by atoms with E-state index in [9.17, 15) is 9.59 Å². The molecule has 2 rings (SSSR count). The minimum absolute atomic E-state index is 0.0942. The molecule has 0 saturated heterocycles. The molecule has 2 aromatic rings. The molecule has 0 unspecified atom stereocenters.